The predicted molar refractivity (Wildman–Crippen MR) is 294 cm³/mol. The van der Waals surface area contributed by atoms with Gasteiger partial charge in [-0.1, -0.05) is 120 Å². The van der Waals surface area contributed by atoms with Gasteiger partial charge in [-0.15, -0.1) is 0 Å². The van der Waals surface area contributed by atoms with Crippen LogP contribution in [0.3, 0.4) is 0 Å². The molecule has 0 radical (unpaired) electrons. The van der Waals surface area contributed by atoms with Crippen LogP contribution in [-0.2, 0) is 36.8 Å². The average molecular weight is 1030 g/mol. The SMILES string of the molecule is CCC(CC(N)=O)C(=O)NC(Cc1ccccc1)C(O)CN1CC2CCCCC2CC1C(=O)NC(C)(C)C.CCC(CC)C(=O)NC(Cc1ccccc1)C(O)CN1CC2CCCCC2CC1C(=O)NC(C)(C)C. The van der Waals surface area contributed by atoms with Crippen LogP contribution in [0.4, 0.5) is 0 Å². The first kappa shape index (κ1) is 60.5. The van der Waals surface area contributed by atoms with Gasteiger partial charge in [-0.05, 0) is 134 Å². The standard InChI is InChI=1S/C30H48N4O4.C30H49N3O3/c1-5-21(17-27(31)36)28(37)32-24(15-20-11-7-6-8-12-20)26(35)19-34-18-23-14-10-9-13-22(23)16-25(34)29(38)33-30(2,3)4;1-6-22(7-2)28(35)31-25(17-21-13-9-8-10-14-21)27(34)20-33-19-24-16-12-11-15-23(24)18-26(33)29(36)32-30(3,4)5/h6-8,11-12,21-26,35H,5,9-10,13-19H2,1-4H3,(H2,31,36)(H,32,37)(H,33,38);8-10,13-14,22-27,34H,6-7,11-12,15-20H2,1-5H3,(H,31,35)(H,32,36). The molecule has 0 bridgehead atoms. The van der Waals surface area contributed by atoms with Gasteiger partial charge in [-0.2, -0.15) is 0 Å². The van der Waals surface area contributed by atoms with Crippen molar-refractivity contribution in [1.29, 1.82) is 0 Å². The maximum atomic E-state index is 13.4. The molecule has 2 heterocycles. The number of β-amino-alcohol motifs (C(OH)–C–C–N with tert-alkyl or cyclic N) is 2. The molecule has 2 aromatic carbocycles. The van der Waals surface area contributed by atoms with Crippen LogP contribution in [0.1, 0.15) is 163 Å². The largest absolute Gasteiger partial charge is 0.390 e. The molecule has 11 atom stereocenters. The van der Waals surface area contributed by atoms with E-state index < -0.39 is 36.1 Å². The number of fused-ring (bicyclic) bond motifs is 2. The van der Waals surface area contributed by atoms with Gasteiger partial charge in [0.15, 0.2) is 0 Å². The Hall–Kier alpha value is -4.37. The number of carbonyl (C=O) groups excluding carboxylic acids is 5. The fourth-order valence-corrected chi connectivity index (χ4v) is 12.2. The van der Waals surface area contributed by atoms with E-state index in [0.717, 1.165) is 62.7 Å². The summed E-state index contributed by atoms with van der Waals surface area (Å²) in [5.41, 5.74) is 6.80. The van der Waals surface area contributed by atoms with Gasteiger partial charge in [0.05, 0.1) is 36.4 Å². The third-order valence-corrected chi connectivity index (χ3v) is 16.3. The molecule has 2 aromatic rings. The molecule has 2 aliphatic carbocycles. The maximum absolute atomic E-state index is 13.4. The van der Waals surface area contributed by atoms with Gasteiger partial charge in [-0.25, -0.2) is 0 Å². The molecule has 414 valence electrons. The van der Waals surface area contributed by atoms with Crippen LogP contribution in [0.2, 0.25) is 0 Å². The molecule has 6 rings (SSSR count). The van der Waals surface area contributed by atoms with E-state index in [-0.39, 0.29) is 65.7 Å². The number of benzene rings is 2. The summed E-state index contributed by atoms with van der Waals surface area (Å²) in [4.78, 5) is 68.8. The first-order chi connectivity index (χ1) is 35.1. The summed E-state index contributed by atoms with van der Waals surface area (Å²) in [6.07, 6.45) is 12.6. The quantitative estimate of drug-likeness (QED) is 0.0682. The Morgan fingerprint density at radius 1 is 0.568 bits per heavy atom. The van der Waals surface area contributed by atoms with Crippen LogP contribution in [0.5, 0.6) is 0 Å². The molecular weight excluding hydrogens is 931 g/mol. The molecule has 2 saturated carbocycles. The highest BCUT2D eigenvalue weighted by atomic mass is 16.3. The number of rotatable bonds is 21. The molecule has 14 nitrogen and oxygen atoms in total. The summed E-state index contributed by atoms with van der Waals surface area (Å²) in [5.74, 6) is 0.893. The Bertz CT molecular complexity index is 2060. The lowest BCUT2D eigenvalue weighted by Crippen LogP contribution is -2.60. The Morgan fingerprint density at radius 2 is 0.919 bits per heavy atom. The van der Waals surface area contributed by atoms with Crippen LogP contribution in [0.15, 0.2) is 60.7 Å². The average Bonchev–Trinajstić information content (AvgIpc) is 3.34. The van der Waals surface area contributed by atoms with Gasteiger partial charge in [0.2, 0.25) is 29.5 Å². The number of nitrogens with zero attached hydrogens (tertiary/aromatic N) is 2. The van der Waals surface area contributed by atoms with E-state index in [2.05, 4.69) is 31.1 Å². The fourth-order valence-electron chi connectivity index (χ4n) is 12.2. The smallest absolute Gasteiger partial charge is 0.237 e. The van der Waals surface area contributed by atoms with E-state index in [1.165, 1.54) is 38.5 Å². The number of aliphatic hydroxyl groups is 2. The first-order valence-electron chi connectivity index (χ1n) is 28.5. The van der Waals surface area contributed by atoms with Crippen LogP contribution in [0.25, 0.3) is 0 Å². The fraction of sp³-hybridized carbons (Fsp3) is 0.717. The molecular formula is C60H97N7O7. The maximum Gasteiger partial charge on any atom is 0.237 e. The third-order valence-electron chi connectivity index (χ3n) is 16.3. The van der Waals surface area contributed by atoms with Gasteiger partial charge < -0.3 is 37.2 Å². The van der Waals surface area contributed by atoms with Crippen molar-refractivity contribution < 1.29 is 34.2 Å². The molecule has 74 heavy (non-hydrogen) atoms. The first-order valence-corrected chi connectivity index (χ1v) is 28.5. The zero-order valence-electron chi connectivity index (χ0n) is 46.8. The lowest BCUT2D eigenvalue weighted by atomic mass is 9.72. The number of primary amides is 1. The van der Waals surface area contributed by atoms with Crippen LogP contribution < -0.4 is 27.0 Å². The summed E-state index contributed by atoms with van der Waals surface area (Å²) in [7, 11) is 0. The Balaban J connectivity index is 0.000000274. The molecule has 4 aliphatic rings. The summed E-state index contributed by atoms with van der Waals surface area (Å²) in [5, 5.41) is 35.6. The second-order valence-corrected chi connectivity index (χ2v) is 24.5. The third kappa shape index (κ3) is 19.0. The van der Waals surface area contributed by atoms with Gasteiger partial charge in [0.1, 0.15) is 0 Å². The number of hydrogen-bond acceptors (Lipinski definition) is 9. The van der Waals surface area contributed by atoms with Crippen molar-refractivity contribution in [2.75, 3.05) is 26.2 Å². The summed E-state index contributed by atoms with van der Waals surface area (Å²) >= 11 is 0. The Labute approximate surface area is 444 Å². The van der Waals surface area contributed by atoms with Crippen LogP contribution in [0, 0.1) is 35.5 Å². The predicted octanol–water partition coefficient (Wildman–Crippen LogP) is 7.08. The topological polar surface area (TPSA) is 206 Å². The highest BCUT2D eigenvalue weighted by molar-refractivity contribution is 5.85. The zero-order valence-corrected chi connectivity index (χ0v) is 46.8. The highest BCUT2D eigenvalue weighted by Gasteiger charge is 2.44. The van der Waals surface area contributed by atoms with Crippen molar-refractivity contribution in [3.8, 4) is 0 Å². The van der Waals surface area contributed by atoms with E-state index in [9.17, 15) is 34.2 Å². The van der Waals surface area contributed by atoms with E-state index in [0.29, 0.717) is 49.5 Å². The normalized spacial score (nSPS) is 24.5. The van der Waals surface area contributed by atoms with E-state index in [1.807, 2.05) is 123 Å². The van der Waals surface area contributed by atoms with Crippen molar-refractivity contribution in [1.82, 2.24) is 31.1 Å². The van der Waals surface area contributed by atoms with Gasteiger partial charge >= 0.3 is 0 Å². The van der Waals surface area contributed by atoms with Gasteiger partial charge in [-0.3, -0.25) is 33.8 Å². The molecule has 0 aromatic heterocycles. The lowest BCUT2D eigenvalue weighted by Gasteiger charge is -2.47. The van der Waals surface area contributed by atoms with E-state index in [1.54, 1.807) is 0 Å². The number of carbonyl (C=O) groups is 5. The minimum atomic E-state index is -0.893. The Morgan fingerprint density at radius 3 is 1.26 bits per heavy atom. The molecule has 2 saturated heterocycles. The number of nitrogens with one attached hydrogen (secondary N) is 4. The number of amides is 5. The number of likely N-dealkylation sites (tertiary alicyclic amines) is 2. The summed E-state index contributed by atoms with van der Waals surface area (Å²) in [6.45, 7) is 20.2. The second-order valence-electron chi connectivity index (χ2n) is 24.5. The molecule has 11 unspecified atom stereocenters. The minimum Gasteiger partial charge on any atom is -0.390 e. The Kier molecular flexibility index (Phi) is 23.4. The zero-order chi connectivity index (χ0) is 54.2. The van der Waals surface area contributed by atoms with Gasteiger partial charge in [0.25, 0.3) is 0 Å². The number of piperidine rings is 2. The second kappa shape index (κ2) is 28.7. The molecule has 14 heteroatoms. The minimum absolute atomic E-state index is 0.00451. The van der Waals surface area contributed by atoms with Crippen LogP contribution >= 0.6 is 0 Å². The molecule has 2 aliphatic heterocycles. The van der Waals surface area contributed by atoms with E-state index >= 15 is 0 Å². The summed E-state index contributed by atoms with van der Waals surface area (Å²) in [6, 6.07) is 18.2. The van der Waals surface area contributed by atoms with Crippen molar-refractivity contribution in [3.63, 3.8) is 0 Å². The number of hydrogen-bond donors (Lipinski definition) is 7. The summed E-state index contributed by atoms with van der Waals surface area (Å²) < 4.78 is 0. The van der Waals surface area contributed by atoms with Crippen molar-refractivity contribution in [3.05, 3.63) is 71.8 Å². The van der Waals surface area contributed by atoms with Gasteiger partial charge in [0, 0.05) is 55.5 Å². The molecule has 4 fully saturated rings. The van der Waals surface area contributed by atoms with E-state index in [4.69, 9.17) is 5.73 Å². The van der Waals surface area contributed by atoms with Crippen molar-refractivity contribution in [2.45, 2.75) is 212 Å². The van der Waals surface area contributed by atoms with Crippen LogP contribution in [-0.4, -0.2) is 123 Å². The monoisotopic (exact) mass is 1030 g/mol. The van der Waals surface area contributed by atoms with Crippen molar-refractivity contribution >= 4 is 29.5 Å². The molecule has 0 spiro atoms. The lowest BCUT2D eigenvalue weighted by molar-refractivity contribution is -0.134. The molecule has 8 N–H and O–H groups in total. The molecule has 5 amide bonds. The van der Waals surface area contributed by atoms with Crippen molar-refractivity contribution in [2.24, 2.45) is 41.2 Å². The number of nitrogens with two attached hydrogens (primary N) is 1. The highest BCUT2D eigenvalue weighted by Crippen LogP contribution is 2.40. The number of aliphatic hydroxyl groups excluding tert-OH is 2.